The Hall–Kier alpha value is -2.50. The molecule has 188 valence electrons. The minimum Gasteiger partial charge on any atom is -0.496 e. The van der Waals surface area contributed by atoms with Gasteiger partial charge >= 0.3 is 6.02 Å². The number of carbonyl (C=O) groups excluding carboxylic acids is 1. The van der Waals surface area contributed by atoms with E-state index in [1.165, 1.54) is 19.3 Å². The number of hydrogen-bond donors (Lipinski definition) is 0. The standard InChI is InChI=1S/C28H43N3O3/c1-6-13-23(14-7-2)31-27(32)26(34-28(31)29-22-15-11-10-12-16-22)19-21-17-18-24(20-25(21)33-5)30(8-3)9-4/h17-20,22-23H,6-16H2,1-5H3/b26-19+,29-28+. The Bertz CT molecular complexity index is 864. The second-order valence-electron chi connectivity index (χ2n) is 9.32. The second kappa shape index (κ2) is 12.8. The van der Waals surface area contributed by atoms with Crippen LogP contribution >= 0.6 is 0 Å². The highest BCUT2D eigenvalue weighted by Gasteiger charge is 2.39. The van der Waals surface area contributed by atoms with Gasteiger partial charge in [-0.2, -0.15) is 0 Å². The zero-order chi connectivity index (χ0) is 24.5. The number of benzene rings is 1. The number of carbonyl (C=O) groups is 1. The fraction of sp³-hybridized carbons (Fsp3) is 0.643. The van der Waals surface area contributed by atoms with Gasteiger partial charge in [-0.05, 0) is 57.7 Å². The van der Waals surface area contributed by atoms with E-state index >= 15 is 0 Å². The molecule has 1 aromatic carbocycles. The first-order valence-electron chi connectivity index (χ1n) is 13.3. The summed E-state index contributed by atoms with van der Waals surface area (Å²) in [6.45, 7) is 10.5. The maximum atomic E-state index is 13.6. The summed E-state index contributed by atoms with van der Waals surface area (Å²) >= 11 is 0. The van der Waals surface area contributed by atoms with Crippen LogP contribution in [-0.2, 0) is 9.53 Å². The Labute approximate surface area is 206 Å². The van der Waals surface area contributed by atoms with Gasteiger partial charge in [-0.25, -0.2) is 4.99 Å². The van der Waals surface area contributed by atoms with Crippen molar-refractivity contribution in [2.75, 3.05) is 25.1 Å². The summed E-state index contributed by atoms with van der Waals surface area (Å²) in [6.07, 6.45) is 11.6. The molecule has 1 amide bonds. The third kappa shape index (κ3) is 6.13. The molecule has 1 aromatic rings. The summed E-state index contributed by atoms with van der Waals surface area (Å²) in [7, 11) is 1.67. The van der Waals surface area contributed by atoms with E-state index in [0.717, 1.165) is 68.6 Å². The Balaban J connectivity index is 1.96. The highest BCUT2D eigenvalue weighted by Crippen LogP contribution is 2.32. The Morgan fingerprint density at radius 3 is 2.38 bits per heavy atom. The first kappa shape index (κ1) is 26.1. The molecule has 2 aliphatic rings. The van der Waals surface area contributed by atoms with E-state index in [-0.39, 0.29) is 18.0 Å². The van der Waals surface area contributed by atoms with Crippen LogP contribution in [0.4, 0.5) is 5.69 Å². The van der Waals surface area contributed by atoms with Gasteiger partial charge in [0.1, 0.15) is 5.75 Å². The van der Waals surface area contributed by atoms with Crippen molar-refractivity contribution in [3.05, 3.63) is 29.5 Å². The fourth-order valence-corrected chi connectivity index (χ4v) is 5.08. The van der Waals surface area contributed by atoms with E-state index in [0.29, 0.717) is 11.8 Å². The van der Waals surface area contributed by atoms with Crippen molar-refractivity contribution in [1.82, 2.24) is 4.90 Å². The first-order chi connectivity index (χ1) is 16.6. The van der Waals surface area contributed by atoms with Crippen LogP contribution in [0.25, 0.3) is 6.08 Å². The zero-order valence-electron chi connectivity index (χ0n) is 21.8. The number of aliphatic imine (C=N–C) groups is 1. The molecular formula is C28H43N3O3. The number of rotatable bonds is 11. The highest BCUT2D eigenvalue weighted by atomic mass is 16.5. The molecule has 0 atom stereocenters. The SMILES string of the molecule is CCCC(CCC)N1C(=O)/C(=C\c2ccc(N(CC)CC)cc2OC)O/C1=N/C1CCCCC1. The lowest BCUT2D eigenvalue weighted by molar-refractivity contribution is -0.124. The van der Waals surface area contributed by atoms with Crippen molar-refractivity contribution in [2.45, 2.75) is 97.6 Å². The van der Waals surface area contributed by atoms with Crippen LogP contribution < -0.4 is 9.64 Å². The number of ether oxygens (including phenoxy) is 2. The van der Waals surface area contributed by atoms with Gasteiger partial charge in [0.25, 0.3) is 5.91 Å². The maximum Gasteiger partial charge on any atom is 0.300 e. The lowest BCUT2D eigenvalue weighted by Gasteiger charge is -2.26. The number of amidine groups is 1. The maximum absolute atomic E-state index is 13.6. The molecule has 0 aromatic heterocycles. The normalized spacial score (nSPS) is 19.4. The van der Waals surface area contributed by atoms with Crippen LogP contribution in [0.5, 0.6) is 5.75 Å². The van der Waals surface area contributed by atoms with Crippen molar-refractivity contribution in [3.8, 4) is 5.75 Å². The Morgan fingerprint density at radius 2 is 1.79 bits per heavy atom. The molecule has 34 heavy (non-hydrogen) atoms. The van der Waals surface area contributed by atoms with Crippen LogP contribution in [0.15, 0.2) is 29.0 Å². The molecule has 0 radical (unpaired) electrons. The van der Waals surface area contributed by atoms with Gasteiger partial charge in [-0.15, -0.1) is 0 Å². The van der Waals surface area contributed by atoms with Gasteiger partial charge < -0.3 is 14.4 Å². The summed E-state index contributed by atoms with van der Waals surface area (Å²) in [5, 5.41) is 0. The van der Waals surface area contributed by atoms with Gasteiger partial charge in [-0.1, -0.05) is 46.0 Å². The quantitative estimate of drug-likeness (QED) is 0.352. The second-order valence-corrected chi connectivity index (χ2v) is 9.32. The van der Waals surface area contributed by atoms with E-state index in [1.807, 2.05) is 23.1 Å². The van der Waals surface area contributed by atoms with Crippen molar-refractivity contribution in [3.63, 3.8) is 0 Å². The third-order valence-corrected chi connectivity index (χ3v) is 6.95. The van der Waals surface area contributed by atoms with Crippen LogP contribution in [0.1, 0.15) is 91.0 Å². The number of amides is 1. The van der Waals surface area contributed by atoms with Crippen molar-refractivity contribution >= 4 is 23.7 Å². The molecule has 1 heterocycles. The topological polar surface area (TPSA) is 54.4 Å². The van der Waals surface area contributed by atoms with Gasteiger partial charge in [0.05, 0.1) is 13.2 Å². The average Bonchev–Trinajstić information content (AvgIpc) is 3.15. The molecule has 2 fully saturated rings. The van der Waals surface area contributed by atoms with Crippen LogP contribution in [0.2, 0.25) is 0 Å². The van der Waals surface area contributed by atoms with Crippen molar-refractivity contribution in [1.29, 1.82) is 0 Å². The lowest BCUT2D eigenvalue weighted by atomic mass is 9.96. The molecule has 0 bridgehead atoms. The molecular weight excluding hydrogens is 426 g/mol. The molecule has 1 aliphatic heterocycles. The highest BCUT2D eigenvalue weighted by molar-refractivity contribution is 6.11. The third-order valence-electron chi connectivity index (χ3n) is 6.95. The minimum atomic E-state index is -0.0867. The van der Waals surface area contributed by atoms with E-state index < -0.39 is 0 Å². The minimum absolute atomic E-state index is 0.0867. The lowest BCUT2D eigenvalue weighted by Crippen LogP contribution is -2.40. The smallest absolute Gasteiger partial charge is 0.300 e. The molecule has 1 saturated carbocycles. The molecule has 6 heteroatoms. The molecule has 1 aliphatic carbocycles. The predicted molar refractivity (Wildman–Crippen MR) is 140 cm³/mol. The number of anilines is 1. The van der Waals surface area contributed by atoms with Gasteiger partial charge in [-0.3, -0.25) is 9.69 Å². The van der Waals surface area contributed by atoms with E-state index in [2.05, 4.69) is 38.7 Å². The number of hydrogen-bond acceptors (Lipinski definition) is 5. The summed E-state index contributed by atoms with van der Waals surface area (Å²) in [5.41, 5.74) is 1.94. The summed E-state index contributed by atoms with van der Waals surface area (Å²) in [6, 6.07) is 6.96. The fourth-order valence-electron chi connectivity index (χ4n) is 5.08. The molecule has 6 nitrogen and oxygen atoms in total. The first-order valence-corrected chi connectivity index (χ1v) is 13.3. The molecule has 1 saturated heterocycles. The molecule has 0 spiro atoms. The molecule has 0 unspecified atom stereocenters. The average molecular weight is 470 g/mol. The van der Waals surface area contributed by atoms with Crippen LogP contribution in [0.3, 0.4) is 0 Å². The summed E-state index contributed by atoms with van der Waals surface area (Å²) in [5.74, 6) is 0.980. The monoisotopic (exact) mass is 469 g/mol. The molecule has 0 N–H and O–H groups in total. The van der Waals surface area contributed by atoms with Gasteiger partial charge in [0.2, 0.25) is 0 Å². The van der Waals surface area contributed by atoms with Crippen LogP contribution in [-0.4, -0.2) is 49.1 Å². The van der Waals surface area contributed by atoms with Gasteiger partial charge in [0, 0.05) is 36.4 Å². The summed E-state index contributed by atoms with van der Waals surface area (Å²) < 4.78 is 11.9. The summed E-state index contributed by atoms with van der Waals surface area (Å²) in [4.78, 5) is 22.7. The predicted octanol–water partition coefficient (Wildman–Crippen LogP) is 6.40. The molecule has 3 rings (SSSR count). The van der Waals surface area contributed by atoms with E-state index in [9.17, 15) is 4.79 Å². The van der Waals surface area contributed by atoms with E-state index in [1.54, 1.807) is 7.11 Å². The number of methoxy groups -OCH3 is 1. The van der Waals surface area contributed by atoms with Crippen molar-refractivity contribution < 1.29 is 14.3 Å². The van der Waals surface area contributed by atoms with Crippen LogP contribution in [0, 0.1) is 0 Å². The largest absolute Gasteiger partial charge is 0.496 e. The number of nitrogens with zero attached hydrogens (tertiary/aromatic N) is 3. The van der Waals surface area contributed by atoms with Crippen molar-refractivity contribution in [2.24, 2.45) is 4.99 Å². The Morgan fingerprint density at radius 1 is 1.12 bits per heavy atom. The Kier molecular flexibility index (Phi) is 9.85. The zero-order valence-corrected chi connectivity index (χ0v) is 21.8. The van der Waals surface area contributed by atoms with E-state index in [4.69, 9.17) is 14.5 Å². The van der Waals surface area contributed by atoms with Gasteiger partial charge in [0.15, 0.2) is 5.76 Å².